The third-order valence-electron chi connectivity index (χ3n) is 1.65. The Kier molecular flexibility index (Phi) is 2.61. The van der Waals surface area contributed by atoms with Crippen LogP contribution in [0.3, 0.4) is 0 Å². The number of anilines is 1. The van der Waals surface area contributed by atoms with E-state index in [2.05, 4.69) is 0 Å². The fraction of sp³-hybridized carbons (Fsp3) is 0.222. The zero-order chi connectivity index (χ0) is 9.14. The van der Waals surface area contributed by atoms with E-state index in [0.29, 0.717) is 5.69 Å². The fourth-order valence-corrected chi connectivity index (χ4v) is 1.69. The summed E-state index contributed by atoms with van der Waals surface area (Å²) in [6, 6.07) is 3.94. The SMILES string of the molecule is Cc1cc(C)c(N)c(SC#N)c1. The summed E-state index contributed by atoms with van der Waals surface area (Å²) >= 11 is 1.11. The van der Waals surface area contributed by atoms with Gasteiger partial charge in [-0.1, -0.05) is 6.07 Å². The number of rotatable bonds is 1. The third kappa shape index (κ3) is 1.72. The second kappa shape index (κ2) is 3.51. The molecule has 0 fully saturated rings. The molecule has 0 radical (unpaired) electrons. The summed E-state index contributed by atoms with van der Waals surface area (Å²) in [6.45, 7) is 3.94. The number of thioether (sulfide) groups is 1. The maximum atomic E-state index is 8.48. The van der Waals surface area contributed by atoms with E-state index < -0.39 is 0 Å². The van der Waals surface area contributed by atoms with Crippen LogP contribution < -0.4 is 5.73 Å². The number of nitrogens with zero attached hydrogens (tertiary/aromatic N) is 1. The standard InChI is InChI=1S/C9H10N2S/c1-6-3-7(2)9(11)8(4-6)12-5-10/h3-4H,11H2,1-2H3. The van der Waals surface area contributed by atoms with Crippen molar-refractivity contribution in [3.8, 4) is 5.40 Å². The molecule has 0 atom stereocenters. The average molecular weight is 178 g/mol. The summed E-state index contributed by atoms with van der Waals surface area (Å²) in [5, 5.41) is 10.5. The second-order valence-corrected chi connectivity index (χ2v) is 3.51. The van der Waals surface area contributed by atoms with Crippen molar-refractivity contribution in [2.45, 2.75) is 18.7 Å². The molecule has 0 saturated carbocycles. The molecular weight excluding hydrogens is 168 g/mol. The molecule has 0 unspecified atom stereocenters. The molecule has 12 heavy (non-hydrogen) atoms. The van der Waals surface area contributed by atoms with E-state index in [1.54, 1.807) is 0 Å². The van der Waals surface area contributed by atoms with Gasteiger partial charge in [0, 0.05) is 10.6 Å². The van der Waals surface area contributed by atoms with Crippen LogP contribution in [0.4, 0.5) is 5.69 Å². The van der Waals surface area contributed by atoms with Crippen molar-refractivity contribution in [3.63, 3.8) is 0 Å². The van der Waals surface area contributed by atoms with Crippen LogP contribution in [0.15, 0.2) is 17.0 Å². The van der Waals surface area contributed by atoms with E-state index in [4.69, 9.17) is 11.0 Å². The molecule has 0 aliphatic carbocycles. The third-order valence-corrected chi connectivity index (χ3v) is 2.30. The average Bonchev–Trinajstić information content (AvgIpc) is 2.00. The Morgan fingerprint density at radius 1 is 1.42 bits per heavy atom. The van der Waals surface area contributed by atoms with Gasteiger partial charge in [0.2, 0.25) is 0 Å². The number of aryl methyl sites for hydroxylation is 2. The molecule has 62 valence electrons. The lowest BCUT2D eigenvalue weighted by atomic mass is 10.1. The Bertz CT molecular complexity index is 339. The van der Waals surface area contributed by atoms with Crippen molar-refractivity contribution in [1.29, 1.82) is 5.26 Å². The van der Waals surface area contributed by atoms with Gasteiger partial charge in [0.1, 0.15) is 5.40 Å². The highest BCUT2D eigenvalue weighted by Gasteiger charge is 2.02. The van der Waals surface area contributed by atoms with Crippen LogP contribution in [0.5, 0.6) is 0 Å². The topological polar surface area (TPSA) is 49.8 Å². The van der Waals surface area contributed by atoms with Crippen molar-refractivity contribution < 1.29 is 0 Å². The maximum absolute atomic E-state index is 8.48. The first-order chi connectivity index (χ1) is 5.65. The van der Waals surface area contributed by atoms with Crippen molar-refractivity contribution in [2.75, 3.05) is 5.73 Å². The quantitative estimate of drug-likeness (QED) is 0.408. The van der Waals surface area contributed by atoms with Crippen molar-refractivity contribution in [3.05, 3.63) is 23.3 Å². The van der Waals surface area contributed by atoms with Crippen LogP contribution in [0.1, 0.15) is 11.1 Å². The zero-order valence-electron chi connectivity index (χ0n) is 7.09. The molecule has 0 saturated heterocycles. The van der Waals surface area contributed by atoms with Crippen molar-refractivity contribution in [2.24, 2.45) is 0 Å². The molecule has 0 heterocycles. The number of hydrogen-bond donors (Lipinski definition) is 1. The minimum Gasteiger partial charge on any atom is -0.398 e. The molecule has 0 aromatic heterocycles. The number of nitrogen functional groups attached to an aromatic ring is 1. The maximum Gasteiger partial charge on any atom is 0.138 e. The predicted octanol–water partition coefficient (Wildman–Crippen LogP) is 2.46. The molecule has 3 heteroatoms. The molecule has 2 N–H and O–H groups in total. The van der Waals surface area contributed by atoms with E-state index in [9.17, 15) is 0 Å². The number of benzene rings is 1. The van der Waals surface area contributed by atoms with E-state index in [0.717, 1.165) is 27.8 Å². The summed E-state index contributed by atoms with van der Waals surface area (Å²) in [5.41, 5.74) is 8.65. The van der Waals surface area contributed by atoms with Crippen LogP contribution in [0, 0.1) is 24.5 Å². The number of nitrogens with two attached hydrogens (primary N) is 1. The highest BCUT2D eigenvalue weighted by atomic mass is 32.2. The molecule has 0 aliphatic heterocycles. The van der Waals surface area contributed by atoms with Gasteiger partial charge in [0.05, 0.1) is 0 Å². The van der Waals surface area contributed by atoms with Gasteiger partial charge in [-0.15, -0.1) is 0 Å². The molecule has 0 spiro atoms. The second-order valence-electron chi connectivity index (χ2n) is 2.69. The molecule has 1 rings (SSSR count). The highest BCUT2D eigenvalue weighted by molar-refractivity contribution is 8.03. The Balaban J connectivity index is 3.20. The lowest BCUT2D eigenvalue weighted by Gasteiger charge is -2.05. The van der Waals surface area contributed by atoms with Gasteiger partial charge in [-0.3, -0.25) is 0 Å². The largest absolute Gasteiger partial charge is 0.398 e. The normalized spacial score (nSPS) is 9.42. The minimum atomic E-state index is 0.715. The molecule has 2 nitrogen and oxygen atoms in total. The predicted molar refractivity (Wildman–Crippen MR) is 51.8 cm³/mol. The van der Waals surface area contributed by atoms with Gasteiger partial charge in [-0.25, -0.2) is 0 Å². The smallest absolute Gasteiger partial charge is 0.138 e. The van der Waals surface area contributed by atoms with Gasteiger partial charge < -0.3 is 5.73 Å². The fourth-order valence-electron chi connectivity index (χ4n) is 1.07. The lowest BCUT2D eigenvalue weighted by molar-refractivity contribution is 1.30. The van der Waals surface area contributed by atoms with E-state index in [1.807, 2.05) is 31.4 Å². The summed E-state index contributed by atoms with van der Waals surface area (Å²) in [4.78, 5) is 0.856. The monoisotopic (exact) mass is 178 g/mol. The number of nitriles is 1. The van der Waals surface area contributed by atoms with Gasteiger partial charge >= 0.3 is 0 Å². The van der Waals surface area contributed by atoms with E-state index in [-0.39, 0.29) is 0 Å². The summed E-state index contributed by atoms with van der Waals surface area (Å²) in [6.07, 6.45) is 0. The van der Waals surface area contributed by atoms with Gasteiger partial charge in [0.25, 0.3) is 0 Å². The first kappa shape index (κ1) is 8.95. The van der Waals surface area contributed by atoms with Crippen molar-refractivity contribution >= 4 is 17.4 Å². The van der Waals surface area contributed by atoms with Crippen LogP contribution >= 0.6 is 11.8 Å². The van der Waals surface area contributed by atoms with Gasteiger partial charge in [0.15, 0.2) is 0 Å². The number of thiocyanates is 1. The first-order valence-corrected chi connectivity index (χ1v) is 4.39. The Labute approximate surface area is 76.4 Å². The molecule has 1 aromatic rings. The van der Waals surface area contributed by atoms with Crippen LogP contribution in [-0.2, 0) is 0 Å². The van der Waals surface area contributed by atoms with Gasteiger partial charge in [-0.2, -0.15) is 5.26 Å². The van der Waals surface area contributed by atoms with E-state index in [1.165, 1.54) is 0 Å². The number of hydrogen-bond acceptors (Lipinski definition) is 3. The minimum absolute atomic E-state index is 0.715. The summed E-state index contributed by atoms with van der Waals surface area (Å²) in [5.74, 6) is 0. The van der Waals surface area contributed by atoms with E-state index >= 15 is 0 Å². The van der Waals surface area contributed by atoms with Crippen molar-refractivity contribution in [1.82, 2.24) is 0 Å². The van der Waals surface area contributed by atoms with Crippen LogP contribution in [0.25, 0.3) is 0 Å². The molecule has 1 aromatic carbocycles. The highest BCUT2D eigenvalue weighted by Crippen LogP contribution is 2.28. The first-order valence-electron chi connectivity index (χ1n) is 3.58. The zero-order valence-corrected chi connectivity index (χ0v) is 7.90. The van der Waals surface area contributed by atoms with Crippen LogP contribution in [-0.4, -0.2) is 0 Å². The summed E-state index contributed by atoms with van der Waals surface area (Å²) < 4.78 is 0. The lowest BCUT2D eigenvalue weighted by Crippen LogP contribution is -1.92. The Morgan fingerprint density at radius 3 is 2.67 bits per heavy atom. The Morgan fingerprint density at radius 2 is 2.08 bits per heavy atom. The van der Waals surface area contributed by atoms with Gasteiger partial charge in [-0.05, 0) is 42.8 Å². The molecular formula is C9H10N2S. The Hall–Kier alpha value is -1.14. The molecule has 0 bridgehead atoms. The molecule has 0 amide bonds. The molecule has 0 aliphatic rings. The van der Waals surface area contributed by atoms with Crippen LogP contribution in [0.2, 0.25) is 0 Å². The summed E-state index contributed by atoms with van der Waals surface area (Å²) in [7, 11) is 0.